The molecule has 0 aliphatic heterocycles. The van der Waals surface area contributed by atoms with Gasteiger partial charge in [0.1, 0.15) is 6.04 Å². The number of unbranched alkanes of at least 4 members (excludes halogenated alkanes) is 2. The van der Waals surface area contributed by atoms with Gasteiger partial charge in [0.15, 0.2) is 0 Å². The molecule has 2 N–H and O–H groups in total. The quantitative estimate of drug-likeness (QED) is 0.377. The number of anilines is 1. The minimum atomic E-state index is -0.528. The molecular weight excluding hydrogens is 354 g/mol. The van der Waals surface area contributed by atoms with Crippen molar-refractivity contribution < 1.29 is 9.72 Å². The van der Waals surface area contributed by atoms with Crippen LogP contribution in [0.4, 0.5) is 11.4 Å². The molecule has 2 rings (SSSR count). The number of nitrogens with zero attached hydrogens (tertiary/aromatic N) is 1. The van der Waals surface area contributed by atoms with E-state index in [4.69, 9.17) is 11.6 Å². The van der Waals surface area contributed by atoms with Crippen molar-refractivity contribution in [1.82, 2.24) is 5.32 Å². The second kappa shape index (κ2) is 9.89. The largest absolute Gasteiger partial charge is 0.323 e. The van der Waals surface area contributed by atoms with Crippen LogP contribution in [0.5, 0.6) is 0 Å². The van der Waals surface area contributed by atoms with E-state index in [1.807, 2.05) is 30.3 Å². The van der Waals surface area contributed by atoms with Gasteiger partial charge in [-0.1, -0.05) is 61.7 Å². The van der Waals surface area contributed by atoms with Crippen molar-refractivity contribution in [1.29, 1.82) is 0 Å². The highest BCUT2D eigenvalue weighted by Crippen LogP contribution is 2.27. The first kappa shape index (κ1) is 19.9. The summed E-state index contributed by atoms with van der Waals surface area (Å²) < 4.78 is 0. The van der Waals surface area contributed by atoms with Crippen LogP contribution in [0.1, 0.15) is 37.8 Å². The maximum Gasteiger partial charge on any atom is 0.271 e. The van der Waals surface area contributed by atoms with Gasteiger partial charge in [-0.05, 0) is 24.6 Å². The van der Waals surface area contributed by atoms with E-state index in [0.717, 1.165) is 31.4 Å². The fourth-order valence-corrected chi connectivity index (χ4v) is 2.77. The predicted octanol–water partition coefficient (Wildman–Crippen LogP) is 4.71. The fraction of sp³-hybridized carbons (Fsp3) is 0.316. The summed E-state index contributed by atoms with van der Waals surface area (Å²) in [5, 5.41) is 17.0. The Morgan fingerprint density at radius 3 is 2.54 bits per heavy atom. The van der Waals surface area contributed by atoms with Crippen molar-refractivity contribution in [3.63, 3.8) is 0 Å². The van der Waals surface area contributed by atoms with Gasteiger partial charge in [-0.25, -0.2) is 0 Å². The summed E-state index contributed by atoms with van der Waals surface area (Å²) in [5.74, 6) is -0.261. The summed E-state index contributed by atoms with van der Waals surface area (Å²) in [4.78, 5) is 23.1. The van der Waals surface area contributed by atoms with Crippen molar-refractivity contribution in [2.24, 2.45) is 0 Å². The molecule has 138 valence electrons. The van der Waals surface area contributed by atoms with Gasteiger partial charge in [-0.2, -0.15) is 0 Å². The van der Waals surface area contributed by atoms with E-state index in [0.29, 0.717) is 5.69 Å². The lowest BCUT2D eigenvalue weighted by molar-refractivity contribution is -0.384. The van der Waals surface area contributed by atoms with Gasteiger partial charge in [0.25, 0.3) is 5.69 Å². The van der Waals surface area contributed by atoms with E-state index in [1.54, 1.807) is 0 Å². The lowest BCUT2D eigenvalue weighted by Crippen LogP contribution is -2.33. The molecule has 2 aromatic carbocycles. The molecular formula is C19H22ClN3O3. The number of benzene rings is 2. The number of rotatable bonds is 9. The van der Waals surface area contributed by atoms with E-state index in [1.165, 1.54) is 18.2 Å². The molecule has 0 fully saturated rings. The number of nitro benzene ring substituents is 1. The SMILES string of the molecule is CCCCCN[C@H](C(=O)Nc1ccc([N+](=O)[O-])cc1Cl)c1ccccc1. The summed E-state index contributed by atoms with van der Waals surface area (Å²) >= 11 is 6.07. The summed E-state index contributed by atoms with van der Waals surface area (Å²) in [6, 6.07) is 12.9. The molecule has 0 unspecified atom stereocenters. The third kappa shape index (κ3) is 5.54. The van der Waals surface area contributed by atoms with E-state index in [9.17, 15) is 14.9 Å². The number of amides is 1. The molecule has 0 aliphatic rings. The van der Waals surface area contributed by atoms with Gasteiger partial charge in [0.05, 0.1) is 15.6 Å². The lowest BCUT2D eigenvalue weighted by atomic mass is 10.1. The Labute approximate surface area is 157 Å². The Hall–Kier alpha value is -2.44. The maximum absolute atomic E-state index is 12.8. The van der Waals surface area contributed by atoms with E-state index in [-0.39, 0.29) is 16.6 Å². The first-order valence-corrected chi connectivity index (χ1v) is 8.94. The van der Waals surface area contributed by atoms with Crippen LogP contribution in [0.2, 0.25) is 5.02 Å². The normalized spacial score (nSPS) is 11.8. The molecule has 0 aromatic heterocycles. The number of halogens is 1. The molecule has 0 radical (unpaired) electrons. The molecule has 0 heterocycles. The lowest BCUT2D eigenvalue weighted by Gasteiger charge is -2.19. The van der Waals surface area contributed by atoms with Crippen LogP contribution in [0, 0.1) is 10.1 Å². The minimum Gasteiger partial charge on any atom is -0.323 e. The average molecular weight is 376 g/mol. The fourth-order valence-electron chi connectivity index (χ4n) is 2.55. The Morgan fingerprint density at radius 2 is 1.92 bits per heavy atom. The molecule has 26 heavy (non-hydrogen) atoms. The Bertz CT molecular complexity index is 753. The van der Waals surface area contributed by atoms with E-state index >= 15 is 0 Å². The summed E-state index contributed by atoms with van der Waals surface area (Å²) in [5.41, 5.74) is 1.07. The first-order valence-electron chi connectivity index (χ1n) is 8.56. The van der Waals surface area contributed by atoms with Crippen LogP contribution in [0.25, 0.3) is 0 Å². The smallest absolute Gasteiger partial charge is 0.271 e. The number of nitro groups is 1. The highest BCUT2D eigenvalue weighted by atomic mass is 35.5. The molecule has 0 spiro atoms. The summed E-state index contributed by atoms with van der Waals surface area (Å²) in [6.45, 7) is 2.84. The second-order valence-corrected chi connectivity index (χ2v) is 6.32. The van der Waals surface area contributed by atoms with Crippen molar-refractivity contribution >= 4 is 28.9 Å². The van der Waals surface area contributed by atoms with E-state index < -0.39 is 11.0 Å². The molecule has 0 bridgehead atoms. The number of nitrogens with one attached hydrogen (secondary N) is 2. The molecule has 0 saturated carbocycles. The monoisotopic (exact) mass is 375 g/mol. The topological polar surface area (TPSA) is 84.3 Å². The van der Waals surface area contributed by atoms with Gasteiger partial charge in [-0.15, -0.1) is 0 Å². The summed E-state index contributed by atoms with van der Waals surface area (Å²) in [6.07, 6.45) is 3.16. The standard InChI is InChI=1S/C19H22ClN3O3/c1-2-3-7-12-21-18(14-8-5-4-6-9-14)19(24)22-17-11-10-15(23(25)26)13-16(17)20/h4-6,8-11,13,18,21H,2-3,7,12H2,1H3,(H,22,24)/t18-/m0/s1. The number of carbonyl (C=O) groups is 1. The van der Waals surface area contributed by atoms with Crippen LogP contribution in [-0.4, -0.2) is 17.4 Å². The predicted molar refractivity (Wildman–Crippen MR) is 103 cm³/mol. The molecule has 2 aromatic rings. The Morgan fingerprint density at radius 1 is 1.19 bits per heavy atom. The van der Waals surface area contributed by atoms with Gasteiger partial charge < -0.3 is 10.6 Å². The summed E-state index contributed by atoms with van der Waals surface area (Å²) in [7, 11) is 0. The highest BCUT2D eigenvalue weighted by molar-refractivity contribution is 6.34. The van der Waals surface area contributed by atoms with Crippen LogP contribution >= 0.6 is 11.6 Å². The number of carbonyl (C=O) groups excluding carboxylic acids is 1. The van der Waals surface area contributed by atoms with Crippen molar-refractivity contribution in [2.75, 3.05) is 11.9 Å². The zero-order chi connectivity index (χ0) is 18.9. The van der Waals surface area contributed by atoms with Crippen molar-refractivity contribution in [3.8, 4) is 0 Å². The second-order valence-electron chi connectivity index (χ2n) is 5.92. The first-order chi connectivity index (χ1) is 12.5. The Kier molecular flexibility index (Phi) is 7.56. The number of non-ortho nitro benzene ring substituents is 1. The van der Waals surface area contributed by atoms with Crippen LogP contribution in [-0.2, 0) is 4.79 Å². The van der Waals surface area contributed by atoms with Gasteiger partial charge in [-0.3, -0.25) is 14.9 Å². The van der Waals surface area contributed by atoms with E-state index in [2.05, 4.69) is 17.6 Å². The van der Waals surface area contributed by atoms with Gasteiger partial charge >= 0.3 is 0 Å². The molecule has 0 saturated heterocycles. The Balaban J connectivity index is 2.14. The van der Waals surface area contributed by atoms with Gasteiger partial charge in [0.2, 0.25) is 5.91 Å². The zero-order valence-electron chi connectivity index (χ0n) is 14.6. The average Bonchev–Trinajstić information content (AvgIpc) is 2.64. The maximum atomic E-state index is 12.8. The third-order valence-corrected chi connectivity index (χ3v) is 4.26. The molecule has 1 atom stereocenters. The van der Waals surface area contributed by atoms with Gasteiger partial charge in [0, 0.05) is 12.1 Å². The number of hydrogen-bond acceptors (Lipinski definition) is 4. The molecule has 1 amide bonds. The highest BCUT2D eigenvalue weighted by Gasteiger charge is 2.21. The van der Waals surface area contributed by atoms with Crippen LogP contribution in [0.3, 0.4) is 0 Å². The molecule has 0 aliphatic carbocycles. The minimum absolute atomic E-state index is 0.120. The number of hydrogen-bond donors (Lipinski definition) is 2. The molecule has 6 nitrogen and oxygen atoms in total. The zero-order valence-corrected chi connectivity index (χ0v) is 15.3. The third-order valence-electron chi connectivity index (χ3n) is 3.95. The van der Waals surface area contributed by atoms with Crippen LogP contribution in [0.15, 0.2) is 48.5 Å². The van der Waals surface area contributed by atoms with Crippen LogP contribution < -0.4 is 10.6 Å². The van der Waals surface area contributed by atoms with Crippen molar-refractivity contribution in [3.05, 3.63) is 69.2 Å². The van der Waals surface area contributed by atoms with Crippen molar-refractivity contribution in [2.45, 2.75) is 32.2 Å². The molecule has 7 heteroatoms.